The topological polar surface area (TPSA) is 106 Å². The van der Waals surface area contributed by atoms with E-state index in [0.717, 1.165) is 27.8 Å². The second kappa shape index (κ2) is 9.67. The van der Waals surface area contributed by atoms with Crippen LogP contribution in [-0.4, -0.2) is 52.6 Å². The van der Waals surface area contributed by atoms with Crippen molar-refractivity contribution in [2.24, 2.45) is 0 Å². The van der Waals surface area contributed by atoms with Crippen LogP contribution in [0.1, 0.15) is 19.4 Å². The monoisotopic (exact) mass is 389 g/mol. The molecule has 142 valence electrons. The van der Waals surface area contributed by atoms with Gasteiger partial charge in [-0.2, -0.15) is 0 Å². The molecule has 0 aliphatic carbocycles. The number of nitrogens with zero attached hydrogens (tertiary/aromatic N) is 2. The Labute approximate surface area is 160 Å². The van der Waals surface area contributed by atoms with Crippen LogP contribution in [0.4, 0.5) is 4.79 Å². The van der Waals surface area contributed by atoms with Gasteiger partial charge in [-0.25, -0.2) is 4.79 Å². The van der Waals surface area contributed by atoms with Crippen molar-refractivity contribution >= 4 is 40.9 Å². The molecule has 8 nitrogen and oxygen atoms in total. The molecule has 1 aliphatic rings. The molecule has 1 fully saturated rings. The molecule has 0 bridgehead atoms. The summed E-state index contributed by atoms with van der Waals surface area (Å²) in [6.07, 6.45) is 6.08. The van der Waals surface area contributed by atoms with Gasteiger partial charge in [0.15, 0.2) is 6.61 Å². The lowest BCUT2D eigenvalue weighted by Crippen LogP contribution is -2.38. The highest BCUT2D eigenvalue weighted by Crippen LogP contribution is 2.31. The quantitative estimate of drug-likeness (QED) is 0.559. The zero-order valence-corrected chi connectivity index (χ0v) is 15.7. The summed E-state index contributed by atoms with van der Waals surface area (Å²) in [5, 5.41) is 2.10. The number of amides is 3. The number of esters is 1. The number of ether oxygens (including phenoxy) is 1. The summed E-state index contributed by atoms with van der Waals surface area (Å²) in [5.74, 6) is -1.53. The molecule has 2 heterocycles. The van der Waals surface area contributed by atoms with Crippen LogP contribution in [-0.2, 0) is 19.1 Å². The second-order valence-electron chi connectivity index (χ2n) is 5.80. The Morgan fingerprint density at radius 1 is 1.33 bits per heavy atom. The number of hydrogen-bond donors (Lipinski definition) is 1. The van der Waals surface area contributed by atoms with Crippen molar-refractivity contribution in [3.05, 3.63) is 46.6 Å². The Hall–Kier alpha value is -2.94. The van der Waals surface area contributed by atoms with Crippen LogP contribution in [0.5, 0.6) is 0 Å². The van der Waals surface area contributed by atoms with Crippen molar-refractivity contribution in [2.45, 2.75) is 13.8 Å². The van der Waals surface area contributed by atoms with Crippen molar-refractivity contribution in [1.29, 1.82) is 0 Å². The fraction of sp³-hybridized carbons (Fsp3) is 0.278. The van der Waals surface area contributed by atoms with E-state index in [9.17, 15) is 19.2 Å². The lowest BCUT2D eigenvalue weighted by Gasteiger charge is -2.12. The number of thioether (sulfide) groups is 1. The summed E-state index contributed by atoms with van der Waals surface area (Å²) < 4.78 is 4.77. The largest absolute Gasteiger partial charge is 0.452 e. The Morgan fingerprint density at radius 3 is 2.78 bits per heavy atom. The van der Waals surface area contributed by atoms with Gasteiger partial charge >= 0.3 is 5.97 Å². The van der Waals surface area contributed by atoms with Gasteiger partial charge in [-0.3, -0.25) is 24.3 Å². The summed E-state index contributed by atoms with van der Waals surface area (Å²) in [6, 6.07) is 3.51. The van der Waals surface area contributed by atoms with Crippen molar-refractivity contribution in [3.8, 4) is 0 Å². The van der Waals surface area contributed by atoms with Crippen LogP contribution in [0.25, 0.3) is 6.08 Å². The van der Waals surface area contributed by atoms with Crippen LogP contribution in [0, 0.1) is 0 Å². The predicted octanol–water partition coefficient (Wildman–Crippen LogP) is 1.74. The highest BCUT2D eigenvalue weighted by molar-refractivity contribution is 8.18. The maximum absolute atomic E-state index is 12.3. The maximum atomic E-state index is 12.3. The third-order valence-corrected chi connectivity index (χ3v) is 4.17. The fourth-order valence-corrected chi connectivity index (χ4v) is 2.94. The molecule has 0 unspecified atom stereocenters. The van der Waals surface area contributed by atoms with Gasteiger partial charge in [0.25, 0.3) is 17.1 Å². The Morgan fingerprint density at radius 2 is 2.11 bits per heavy atom. The van der Waals surface area contributed by atoms with Crippen molar-refractivity contribution in [2.75, 3.05) is 19.7 Å². The van der Waals surface area contributed by atoms with Crippen LogP contribution in [0.3, 0.4) is 0 Å². The minimum atomic E-state index is -0.600. The Balaban J connectivity index is 1.80. The molecular formula is C18H19N3O5S. The Kier molecular flexibility index (Phi) is 7.30. The molecule has 0 saturated carbocycles. The van der Waals surface area contributed by atoms with E-state index in [2.05, 4.69) is 10.3 Å². The number of carbonyl (C=O) groups excluding carboxylic acids is 4. The molecule has 1 saturated heterocycles. The summed E-state index contributed by atoms with van der Waals surface area (Å²) >= 11 is 0.838. The van der Waals surface area contributed by atoms with Crippen molar-refractivity contribution in [1.82, 2.24) is 15.2 Å². The number of aromatic nitrogens is 1. The molecule has 0 atom stereocenters. The number of rotatable bonds is 7. The standard InChI is InChI=1S/C18H19N3O5S/c1-12(2)8-16(23)26-11-15(22)20-6-7-21-17(24)14(27-18(21)25)9-13-4-3-5-19-10-13/h3-5,8-10H,6-7,11H2,1-2H3,(H,20,22)/b14-9-. The number of pyridine rings is 1. The molecule has 1 aliphatic heterocycles. The van der Waals surface area contributed by atoms with Crippen molar-refractivity contribution in [3.63, 3.8) is 0 Å². The minimum Gasteiger partial charge on any atom is -0.452 e. The minimum absolute atomic E-state index is 0.0305. The second-order valence-corrected chi connectivity index (χ2v) is 6.79. The molecule has 1 aromatic heterocycles. The smallest absolute Gasteiger partial charge is 0.331 e. The molecule has 3 amide bonds. The van der Waals surface area contributed by atoms with Gasteiger partial charge in [-0.15, -0.1) is 0 Å². The maximum Gasteiger partial charge on any atom is 0.331 e. The van der Waals surface area contributed by atoms with E-state index < -0.39 is 29.6 Å². The van der Waals surface area contributed by atoms with Crippen LogP contribution in [0.15, 0.2) is 41.1 Å². The zero-order valence-electron chi connectivity index (χ0n) is 14.9. The van der Waals surface area contributed by atoms with Crippen LogP contribution in [0.2, 0.25) is 0 Å². The van der Waals surface area contributed by atoms with Crippen LogP contribution < -0.4 is 5.32 Å². The average Bonchev–Trinajstić information content (AvgIpc) is 2.87. The van der Waals surface area contributed by atoms with Crippen molar-refractivity contribution < 1.29 is 23.9 Å². The van der Waals surface area contributed by atoms with Gasteiger partial charge < -0.3 is 10.1 Å². The fourth-order valence-electron chi connectivity index (χ4n) is 2.08. The van der Waals surface area contributed by atoms with Gasteiger partial charge in [0.1, 0.15) is 0 Å². The zero-order chi connectivity index (χ0) is 19.8. The van der Waals surface area contributed by atoms with E-state index in [1.807, 2.05) is 0 Å². The number of carbonyl (C=O) groups is 4. The summed E-state index contributed by atoms with van der Waals surface area (Å²) in [6.45, 7) is 3.15. The van der Waals surface area contributed by atoms with E-state index in [-0.39, 0.29) is 13.1 Å². The molecule has 0 aromatic carbocycles. The van der Waals surface area contributed by atoms with E-state index in [1.165, 1.54) is 6.08 Å². The molecule has 1 aromatic rings. The summed E-state index contributed by atoms with van der Waals surface area (Å²) in [5.41, 5.74) is 1.48. The first-order valence-corrected chi connectivity index (χ1v) is 8.92. The number of nitrogens with one attached hydrogen (secondary N) is 1. The summed E-state index contributed by atoms with van der Waals surface area (Å²) in [7, 11) is 0. The molecule has 9 heteroatoms. The first-order valence-electron chi connectivity index (χ1n) is 8.10. The third kappa shape index (κ3) is 6.37. The molecule has 1 N–H and O–H groups in total. The molecule has 0 spiro atoms. The molecule has 0 radical (unpaired) electrons. The third-order valence-electron chi connectivity index (χ3n) is 3.27. The van der Waals surface area contributed by atoms with Gasteiger partial charge in [0, 0.05) is 31.6 Å². The highest BCUT2D eigenvalue weighted by Gasteiger charge is 2.34. The molecular weight excluding hydrogens is 370 g/mol. The van der Waals surface area contributed by atoms with Gasteiger partial charge in [-0.05, 0) is 43.3 Å². The first kappa shape index (κ1) is 20.4. The molecule has 2 rings (SSSR count). The first-order chi connectivity index (χ1) is 12.9. The number of hydrogen-bond acceptors (Lipinski definition) is 7. The lowest BCUT2D eigenvalue weighted by molar-refractivity contribution is -0.143. The number of allylic oxidation sites excluding steroid dienone is 1. The van der Waals surface area contributed by atoms with Crippen LogP contribution >= 0.6 is 11.8 Å². The highest BCUT2D eigenvalue weighted by atomic mass is 32.2. The SMILES string of the molecule is CC(C)=CC(=O)OCC(=O)NCCN1C(=O)S/C(=C\c2cccnc2)C1=O. The van der Waals surface area contributed by atoms with E-state index in [0.29, 0.717) is 4.91 Å². The van der Waals surface area contributed by atoms with Gasteiger partial charge in [0.2, 0.25) is 0 Å². The van der Waals surface area contributed by atoms with E-state index in [4.69, 9.17) is 4.74 Å². The molecule has 27 heavy (non-hydrogen) atoms. The number of imide groups is 1. The normalized spacial score (nSPS) is 15.0. The summed E-state index contributed by atoms with van der Waals surface area (Å²) in [4.78, 5) is 52.6. The van der Waals surface area contributed by atoms with E-state index >= 15 is 0 Å². The Bertz CT molecular complexity index is 800. The van der Waals surface area contributed by atoms with Gasteiger partial charge in [0.05, 0.1) is 4.91 Å². The van der Waals surface area contributed by atoms with E-state index in [1.54, 1.807) is 44.4 Å². The predicted molar refractivity (Wildman–Crippen MR) is 100 cm³/mol. The van der Waals surface area contributed by atoms with Gasteiger partial charge in [-0.1, -0.05) is 11.6 Å². The average molecular weight is 389 g/mol. The lowest BCUT2D eigenvalue weighted by atomic mass is 10.2.